The second kappa shape index (κ2) is 5.40. The average molecular weight is 248 g/mol. The average Bonchev–Trinajstić information content (AvgIpc) is 2.30. The first-order chi connectivity index (χ1) is 8.05. The Morgan fingerprint density at radius 3 is 2.76 bits per heavy atom. The van der Waals surface area contributed by atoms with Crippen LogP contribution in [0, 0.1) is 5.92 Å². The van der Waals surface area contributed by atoms with E-state index in [0.29, 0.717) is 19.0 Å². The zero-order valence-electron chi connectivity index (χ0n) is 9.89. The van der Waals surface area contributed by atoms with Gasteiger partial charge in [-0.3, -0.25) is 4.90 Å². The van der Waals surface area contributed by atoms with Crippen LogP contribution in [0.25, 0.3) is 0 Å². The normalized spacial score (nSPS) is 27.9. The highest BCUT2D eigenvalue weighted by atomic mass is 19.4. The molecule has 0 aromatic heterocycles. The van der Waals surface area contributed by atoms with Crippen molar-refractivity contribution >= 4 is 0 Å². The quantitative estimate of drug-likeness (QED) is 0.753. The summed E-state index contributed by atoms with van der Waals surface area (Å²) in [7, 11) is 0. The van der Waals surface area contributed by atoms with Crippen molar-refractivity contribution in [2.45, 2.75) is 25.4 Å². The molecule has 0 aromatic rings. The molecule has 1 atom stereocenters. The van der Waals surface area contributed by atoms with Crippen LogP contribution < -0.4 is 5.32 Å². The van der Waals surface area contributed by atoms with Crippen LogP contribution in [0.2, 0.25) is 0 Å². The van der Waals surface area contributed by atoms with Crippen molar-refractivity contribution in [1.82, 2.24) is 10.2 Å². The van der Waals surface area contributed by atoms with E-state index in [2.05, 4.69) is 10.2 Å². The Labute approximate surface area is 99.9 Å². The van der Waals surface area contributed by atoms with Gasteiger partial charge < -0.3 is 5.32 Å². The molecular formula is C12H19F3N2. The van der Waals surface area contributed by atoms with Crippen molar-refractivity contribution in [3.63, 3.8) is 0 Å². The lowest BCUT2D eigenvalue weighted by molar-refractivity contribution is -0.0961. The zero-order valence-corrected chi connectivity index (χ0v) is 9.89. The largest absolute Gasteiger partial charge is 0.412 e. The van der Waals surface area contributed by atoms with Gasteiger partial charge in [-0.2, -0.15) is 13.2 Å². The van der Waals surface area contributed by atoms with E-state index in [9.17, 15) is 13.2 Å². The van der Waals surface area contributed by atoms with E-state index < -0.39 is 6.18 Å². The summed E-state index contributed by atoms with van der Waals surface area (Å²) in [6, 6.07) is 0. The molecule has 2 aliphatic heterocycles. The van der Waals surface area contributed by atoms with Gasteiger partial charge in [-0.05, 0) is 38.3 Å². The maximum absolute atomic E-state index is 12.4. The maximum Gasteiger partial charge on any atom is 0.412 e. The zero-order chi connectivity index (χ0) is 12.3. The lowest BCUT2D eigenvalue weighted by Gasteiger charge is -2.32. The molecule has 98 valence electrons. The molecule has 2 rings (SSSR count). The minimum absolute atomic E-state index is 0.143. The van der Waals surface area contributed by atoms with Gasteiger partial charge in [0.25, 0.3) is 0 Å². The molecule has 2 nitrogen and oxygen atoms in total. The van der Waals surface area contributed by atoms with Crippen LogP contribution >= 0.6 is 0 Å². The van der Waals surface area contributed by atoms with Gasteiger partial charge in [-0.15, -0.1) is 0 Å². The minimum Gasteiger partial charge on any atom is -0.316 e. The van der Waals surface area contributed by atoms with E-state index in [1.165, 1.54) is 18.9 Å². The molecule has 0 amide bonds. The number of rotatable bonds is 2. The molecule has 1 unspecified atom stereocenters. The van der Waals surface area contributed by atoms with Crippen LogP contribution in [0.3, 0.4) is 0 Å². The Balaban J connectivity index is 1.80. The number of hydrogen-bond donors (Lipinski definition) is 1. The Bertz CT molecular complexity index is 280. The fraction of sp³-hybridized carbons (Fsp3) is 0.833. The highest BCUT2D eigenvalue weighted by Crippen LogP contribution is 2.30. The summed E-state index contributed by atoms with van der Waals surface area (Å²) in [6.45, 7) is 4.00. The monoisotopic (exact) mass is 248 g/mol. The molecule has 0 aromatic carbocycles. The van der Waals surface area contributed by atoms with Gasteiger partial charge in [0, 0.05) is 25.2 Å². The topological polar surface area (TPSA) is 15.3 Å². The molecule has 0 radical (unpaired) electrons. The standard InChI is InChI=1S/C12H19F3N2/c13-12(14,15)11-3-6-17(7-4-11)9-10-2-1-5-16-8-10/h3,10,16H,1-2,4-9H2. The van der Waals surface area contributed by atoms with Crippen molar-refractivity contribution in [2.24, 2.45) is 5.92 Å². The molecule has 2 aliphatic rings. The molecule has 2 heterocycles. The van der Waals surface area contributed by atoms with Crippen molar-refractivity contribution in [1.29, 1.82) is 0 Å². The predicted octanol–water partition coefficient (Wildman–Crippen LogP) is 2.18. The first kappa shape index (κ1) is 12.9. The van der Waals surface area contributed by atoms with E-state index in [1.54, 1.807) is 0 Å². The first-order valence-electron chi connectivity index (χ1n) is 6.25. The molecular weight excluding hydrogens is 229 g/mol. The van der Waals surface area contributed by atoms with E-state index in [-0.39, 0.29) is 12.0 Å². The van der Waals surface area contributed by atoms with Crippen LogP contribution in [-0.4, -0.2) is 43.8 Å². The lowest BCUT2D eigenvalue weighted by Crippen LogP contribution is -2.40. The van der Waals surface area contributed by atoms with Crippen LogP contribution in [0.15, 0.2) is 11.6 Å². The second-order valence-corrected chi connectivity index (χ2v) is 4.95. The number of nitrogens with one attached hydrogen (secondary N) is 1. The number of piperidine rings is 1. The van der Waals surface area contributed by atoms with Crippen LogP contribution in [0.5, 0.6) is 0 Å². The van der Waals surface area contributed by atoms with Gasteiger partial charge in [-0.1, -0.05) is 6.08 Å². The van der Waals surface area contributed by atoms with E-state index in [0.717, 1.165) is 19.6 Å². The Kier molecular flexibility index (Phi) is 4.09. The number of alkyl halides is 3. The van der Waals surface area contributed by atoms with E-state index in [4.69, 9.17) is 0 Å². The lowest BCUT2D eigenvalue weighted by atomic mass is 9.98. The first-order valence-corrected chi connectivity index (χ1v) is 6.25. The van der Waals surface area contributed by atoms with Gasteiger partial charge in [0.15, 0.2) is 0 Å². The molecule has 17 heavy (non-hydrogen) atoms. The third-order valence-corrected chi connectivity index (χ3v) is 3.57. The molecule has 0 bridgehead atoms. The fourth-order valence-electron chi connectivity index (χ4n) is 2.58. The summed E-state index contributed by atoms with van der Waals surface area (Å²) in [5.41, 5.74) is -0.351. The van der Waals surface area contributed by atoms with Crippen LogP contribution in [0.1, 0.15) is 19.3 Å². The van der Waals surface area contributed by atoms with Gasteiger partial charge in [0.05, 0.1) is 0 Å². The number of halogens is 3. The summed E-state index contributed by atoms with van der Waals surface area (Å²) in [5, 5.41) is 3.34. The summed E-state index contributed by atoms with van der Waals surface area (Å²) in [5.74, 6) is 0.601. The predicted molar refractivity (Wildman–Crippen MR) is 60.8 cm³/mol. The highest BCUT2D eigenvalue weighted by Gasteiger charge is 2.34. The van der Waals surface area contributed by atoms with E-state index in [1.807, 2.05) is 0 Å². The molecule has 1 fully saturated rings. The van der Waals surface area contributed by atoms with Gasteiger partial charge in [-0.25, -0.2) is 0 Å². The van der Waals surface area contributed by atoms with Gasteiger partial charge >= 0.3 is 6.18 Å². The maximum atomic E-state index is 12.4. The summed E-state index contributed by atoms with van der Waals surface area (Å²) >= 11 is 0. The van der Waals surface area contributed by atoms with E-state index >= 15 is 0 Å². The van der Waals surface area contributed by atoms with Crippen molar-refractivity contribution in [3.8, 4) is 0 Å². The third-order valence-electron chi connectivity index (χ3n) is 3.57. The van der Waals surface area contributed by atoms with Crippen LogP contribution in [0.4, 0.5) is 13.2 Å². The summed E-state index contributed by atoms with van der Waals surface area (Å²) in [4.78, 5) is 2.13. The van der Waals surface area contributed by atoms with Crippen LogP contribution in [-0.2, 0) is 0 Å². The highest BCUT2D eigenvalue weighted by molar-refractivity contribution is 5.13. The molecule has 0 saturated carbocycles. The van der Waals surface area contributed by atoms with Crippen molar-refractivity contribution in [2.75, 3.05) is 32.7 Å². The smallest absolute Gasteiger partial charge is 0.316 e. The molecule has 0 spiro atoms. The van der Waals surface area contributed by atoms with Gasteiger partial charge in [0.1, 0.15) is 0 Å². The second-order valence-electron chi connectivity index (χ2n) is 4.95. The van der Waals surface area contributed by atoms with Crippen molar-refractivity contribution < 1.29 is 13.2 Å². The summed E-state index contributed by atoms with van der Waals surface area (Å²) < 4.78 is 37.3. The number of hydrogen-bond acceptors (Lipinski definition) is 2. The van der Waals surface area contributed by atoms with Crippen molar-refractivity contribution in [3.05, 3.63) is 11.6 Å². The molecule has 0 aliphatic carbocycles. The SMILES string of the molecule is FC(F)(F)C1=CCN(CC2CCCNC2)CC1. The number of nitrogens with zero attached hydrogens (tertiary/aromatic N) is 1. The molecule has 1 N–H and O–H groups in total. The minimum atomic E-state index is -4.13. The van der Waals surface area contributed by atoms with Gasteiger partial charge in [0.2, 0.25) is 0 Å². The molecule has 5 heteroatoms. The third kappa shape index (κ3) is 3.71. The Morgan fingerprint density at radius 2 is 2.24 bits per heavy atom. The Morgan fingerprint density at radius 1 is 1.41 bits per heavy atom. The summed E-state index contributed by atoms with van der Waals surface area (Å²) in [6.07, 6.45) is -0.261. The Hall–Kier alpha value is -0.550. The molecule has 1 saturated heterocycles. The fourth-order valence-corrected chi connectivity index (χ4v) is 2.58.